The summed E-state index contributed by atoms with van der Waals surface area (Å²) in [7, 11) is 3.21. The third kappa shape index (κ3) is 3.83. The van der Waals surface area contributed by atoms with Crippen LogP contribution < -0.4 is 9.47 Å². The monoisotopic (exact) mass is 345 g/mol. The molecule has 0 heterocycles. The molecule has 90 valence electrons. The minimum Gasteiger partial charge on any atom is -0.493 e. The molecule has 0 aliphatic rings. The lowest BCUT2D eigenvalue weighted by Gasteiger charge is -2.10. The van der Waals surface area contributed by atoms with Gasteiger partial charge in [-0.05, 0) is 45.8 Å². The van der Waals surface area contributed by atoms with Gasteiger partial charge in [-0.2, -0.15) is 0 Å². The van der Waals surface area contributed by atoms with Crippen molar-refractivity contribution in [1.82, 2.24) is 0 Å². The van der Waals surface area contributed by atoms with Gasteiger partial charge in [-0.25, -0.2) is 0 Å². The van der Waals surface area contributed by atoms with Gasteiger partial charge in [0.05, 0.1) is 17.8 Å². The molecule has 0 aliphatic carbocycles. The Balaban J connectivity index is 2.98. The lowest BCUT2D eigenvalue weighted by molar-refractivity contribution is 0.353. The van der Waals surface area contributed by atoms with Crippen LogP contribution in [0.1, 0.15) is 5.56 Å². The molecule has 0 aromatic heterocycles. The highest BCUT2D eigenvalue weighted by molar-refractivity contribution is 14.1. The Labute approximate surface area is 113 Å². The van der Waals surface area contributed by atoms with Gasteiger partial charge in [0.1, 0.15) is 0 Å². The van der Waals surface area contributed by atoms with Gasteiger partial charge in [-0.3, -0.25) is 0 Å². The zero-order chi connectivity index (χ0) is 12.7. The SMILES string of the molecule is COc1cc(C=CCN=[N+]=[N-])cc(I)c1OC. The number of rotatable bonds is 5. The number of methoxy groups -OCH3 is 2. The van der Waals surface area contributed by atoms with Crippen LogP contribution in [0, 0.1) is 3.57 Å². The van der Waals surface area contributed by atoms with E-state index >= 15 is 0 Å². The first kappa shape index (κ1) is 13.7. The summed E-state index contributed by atoms with van der Waals surface area (Å²) >= 11 is 2.18. The topological polar surface area (TPSA) is 67.2 Å². The van der Waals surface area contributed by atoms with E-state index in [2.05, 4.69) is 32.6 Å². The lowest BCUT2D eigenvalue weighted by atomic mass is 10.2. The Morgan fingerprint density at radius 2 is 2.18 bits per heavy atom. The van der Waals surface area contributed by atoms with Crippen LogP contribution in [0.4, 0.5) is 0 Å². The lowest BCUT2D eigenvalue weighted by Crippen LogP contribution is -1.93. The van der Waals surface area contributed by atoms with Crippen LogP contribution in [0.5, 0.6) is 11.5 Å². The molecule has 1 aromatic rings. The fourth-order valence-electron chi connectivity index (χ4n) is 1.31. The normalized spacial score (nSPS) is 10.1. The number of benzene rings is 1. The summed E-state index contributed by atoms with van der Waals surface area (Å²) in [6.45, 7) is 0.335. The summed E-state index contributed by atoms with van der Waals surface area (Å²) in [5, 5.41) is 3.42. The molecule has 0 aliphatic heterocycles. The van der Waals surface area contributed by atoms with E-state index in [1.807, 2.05) is 18.2 Å². The molecule has 0 bridgehead atoms. The van der Waals surface area contributed by atoms with E-state index in [1.165, 1.54) is 0 Å². The van der Waals surface area contributed by atoms with E-state index < -0.39 is 0 Å². The summed E-state index contributed by atoms with van der Waals surface area (Å²) in [4.78, 5) is 2.67. The second kappa shape index (κ2) is 7.03. The van der Waals surface area contributed by atoms with Crippen molar-refractivity contribution < 1.29 is 9.47 Å². The molecule has 0 radical (unpaired) electrons. The number of ether oxygens (including phenoxy) is 2. The molecule has 0 spiro atoms. The molecule has 5 nitrogen and oxygen atoms in total. The van der Waals surface area contributed by atoms with Crippen LogP contribution in [0.3, 0.4) is 0 Å². The van der Waals surface area contributed by atoms with Gasteiger partial charge in [0, 0.05) is 11.5 Å². The van der Waals surface area contributed by atoms with Gasteiger partial charge in [0.2, 0.25) is 0 Å². The van der Waals surface area contributed by atoms with Crippen LogP contribution in [0.25, 0.3) is 16.5 Å². The second-order valence-electron chi connectivity index (χ2n) is 3.05. The molecule has 6 heteroatoms. The number of nitrogens with zero attached hydrogens (tertiary/aromatic N) is 3. The van der Waals surface area contributed by atoms with E-state index in [1.54, 1.807) is 20.3 Å². The van der Waals surface area contributed by atoms with E-state index in [9.17, 15) is 0 Å². The standard InChI is InChI=1S/C11H12IN3O2/c1-16-10-7-8(4-3-5-14-15-13)6-9(12)11(10)17-2/h3-4,6-7H,5H2,1-2H3. The van der Waals surface area contributed by atoms with Crippen molar-refractivity contribution >= 4 is 28.7 Å². The maximum absolute atomic E-state index is 8.14. The molecule has 1 aromatic carbocycles. The van der Waals surface area contributed by atoms with E-state index in [0.717, 1.165) is 14.9 Å². The zero-order valence-electron chi connectivity index (χ0n) is 9.55. The first-order chi connectivity index (χ1) is 8.22. The predicted octanol–water partition coefficient (Wildman–Crippen LogP) is 3.63. The number of azide groups is 1. The van der Waals surface area contributed by atoms with Crippen LogP contribution in [-0.4, -0.2) is 20.8 Å². The Kier molecular flexibility index (Phi) is 5.65. The minimum absolute atomic E-state index is 0.335. The zero-order valence-corrected chi connectivity index (χ0v) is 11.7. The maximum atomic E-state index is 8.14. The largest absolute Gasteiger partial charge is 0.493 e. The summed E-state index contributed by atoms with van der Waals surface area (Å²) < 4.78 is 11.4. The van der Waals surface area contributed by atoms with Crippen molar-refractivity contribution in [2.75, 3.05) is 20.8 Å². The molecule has 17 heavy (non-hydrogen) atoms. The summed E-state index contributed by atoms with van der Waals surface area (Å²) in [5.41, 5.74) is 9.12. The predicted molar refractivity (Wildman–Crippen MR) is 75.3 cm³/mol. The van der Waals surface area contributed by atoms with Gasteiger partial charge in [0.25, 0.3) is 0 Å². The van der Waals surface area contributed by atoms with Crippen molar-refractivity contribution in [2.45, 2.75) is 0 Å². The van der Waals surface area contributed by atoms with Crippen molar-refractivity contribution in [2.24, 2.45) is 5.11 Å². The van der Waals surface area contributed by atoms with Gasteiger partial charge < -0.3 is 9.47 Å². The van der Waals surface area contributed by atoms with Crippen LogP contribution >= 0.6 is 22.6 Å². The van der Waals surface area contributed by atoms with Crippen molar-refractivity contribution in [1.29, 1.82) is 0 Å². The summed E-state index contributed by atoms with van der Waals surface area (Å²) in [5.74, 6) is 1.41. The Bertz CT molecular complexity index is 468. The molecule has 0 saturated heterocycles. The van der Waals surface area contributed by atoms with Gasteiger partial charge in [0.15, 0.2) is 11.5 Å². The highest BCUT2D eigenvalue weighted by atomic mass is 127. The van der Waals surface area contributed by atoms with Crippen LogP contribution in [0.2, 0.25) is 0 Å². The van der Waals surface area contributed by atoms with E-state index in [-0.39, 0.29) is 0 Å². The Morgan fingerprint density at radius 1 is 1.41 bits per heavy atom. The molecule has 0 saturated carbocycles. The molecule has 0 atom stereocenters. The number of hydrogen-bond acceptors (Lipinski definition) is 3. The van der Waals surface area contributed by atoms with Gasteiger partial charge >= 0.3 is 0 Å². The van der Waals surface area contributed by atoms with Crippen LogP contribution in [-0.2, 0) is 0 Å². The smallest absolute Gasteiger partial charge is 0.174 e. The number of halogens is 1. The Morgan fingerprint density at radius 3 is 2.76 bits per heavy atom. The fraction of sp³-hybridized carbons (Fsp3) is 0.273. The van der Waals surface area contributed by atoms with E-state index in [4.69, 9.17) is 15.0 Å². The number of hydrogen-bond donors (Lipinski definition) is 0. The first-order valence-corrected chi connectivity index (χ1v) is 5.89. The molecule has 0 N–H and O–H groups in total. The molecule has 0 amide bonds. The average molecular weight is 345 g/mol. The van der Waals surface area contributed by atoms with Crippen molar-refractivity contribution in [3.8, 4) is 11.5 Å². The van der Waals surface area contributed by atoms with Crippen LogP contribution in [0.15, 0.2) is 23.3 Å². The quantitative estimate of drug-likeness (QED) is 0.354. The van der Waals surface area contributed by atoms with Crippen molar-refractivity contribution in [3.05, 3.63) is 37.8 Å². The summed E-state index contributed by atoms with van der Waals surface area (Å²) in [6.07, 6.45) is 3.66. The molecule has 0 unspecified atom stereocenters. The first-order valence-electron chi connectivity index (χ1n) is 4.81. The second-order valence-corrected chi connectivity index (χ2v) is 4.22. The fourth-order valence-corrected chi connectivity index (χ4v) is 2.15. The molecular weight excluding hydrogens is 333 g/mol. The summed E-state index contributed by atoms with van der Waals surface area (Å²) in [6, 6.07) is 3.84. The van der Waals surface area contributed by atoms with E-state index in [0.29, 0.717) is 12.3 Å². The molecular formula is C11H12IN3O2. The van der Waals surface area contributed by atoms with Gasteiger partial charge in [-0.15, -0.1) is 0 Å². The van der Waals surface area contributed by atoms with Gasteiger partial charge in [-0.1, -0.05) is 17.3 Å². The Hall–Kier alpha value is -1.40. The average Bonchev–Trinajstić information content (AvgIpc) is 2.34. The maximum Gasteiger partial charge on any atom is 0.174 e. The molecule has 0 fully saturated rings. The highest BCUT2D eigenvalue weighted by Gasteiger charge is 2.08. The third-order valence-electron chi connectivity index (χ3n) is 2.02. The third-order valence-corrected chi connectivity index (χ3v) is 2.82. The van der Waals surface area contributed by atoms with Crippen molar-refractivity contribution in [3.63, 3.8) is 0 Å². The minimum atomic E-state index is 0.335. The molecule has 1 rings (SSSR count). The highest BCUT2D eigenvalue weighted by Crippen LogP contribution is 2.33.